The number of methoxy groups -OCH3 is 1. The summed E-state index contributed by atoms with van der Waals surface area (Å²) in [6.45, 7) is 0. The van der Waals surface area contributed by atoms with Gasteiger partial charge in [0.15, 0.2) is 0 Å². The Morgan fingerprint density at radius 3 is 2.82 bits per heavy atom. The normalized spacial score (nSPS) is 10.6. The van der Waals surface area contributed by atoms with Crippen LogP contribution in [0.25, 0.3) is 10.2 Å². The molecule has 1 amide bonds. The summed E-state index contributed by atoms with van der Waals surface area (Å²) in [6.07, 6.45) is 0. The highest BCUT2D eigenvalue weighted by molar-refractivity contribution is 9.10. The summed E-state index contributed by atoms with van der Waals surface area (Å²) in [6, 6.07) is 10.4. The maximum Gasteiger partial charge on any atom is 0.305 e. The van der Waals surface area contributed by atoms with Crippen molar-refractivity contribution < 1.29 is 9.53 Å². The first-order valence-corrected chi connectivity index (χ1v) is 7.95. The quantitative estimate of drug-likeness (QED) is 0.730. The average Bonchev–Trinajstić information content (AvgIpc) is 2.86. The smallest absolute Gasteiger partial charge is 0.305 e. The second kappa shape index (κ2) is 5.94. The van der Waals surface area contributed by atoms with Crippen molar-refractivity contribution in [3.63, 3.8) is 0 Å². The van der Waals surface area contributed by atoms with Gasteiger partial charge in [-0.3, -0.25) is 9.59 Å². The van der Waals surface area contributed by atoms with Crippen molar-refractivity contribution in [1.82, 2.24) is 4.98 Å². The Kier molecular flexibility index (Phi) is 4.00. The third-order valence-electron chi connectivity index (χ3n) is 3.09. The monoisotopic (exact) mass is 378 g/mol. The lowest BCUT2D eigenvalue weighted by molar-refractivity contribution is 0.102. The highest BCUT2D eigenvalue weighted by Crippen LogP contribution is 2.26. The maximum absolute atomic E-state index is 12.3. The van der Waals surface area contributed by atoms with Crippen LogP contribution in [0.3, 0.4) is 0 Å². The van der Waals surface area contributed by atoms with Crippen LogP contribution in [0.4, 0.5) is 5.69 Å². The van der Waals surface area contributed by atoms with Gasteiger partial charge in [-0.2, -0.15) is 0 Å². The molecule has 0 bridgehead atoms. The van der Waals surface area contributed by atoms with E-state index < -0.39 is 0 Å². The number of rotatable bonds is 3. The number of carbonyl (C=O) groups is 1. The van der Waals surface area contributed by atoms with E-state index in [-0.39, 0.29) is 10.8 Å². The van der Waals surface area contributed by atoms with Gasteiger partial charge < -0.3 is 15.0 Å². The Labute approximate surface area is 138 Å². The minimum absolute atomic E-state index is 0.113. The van der Waals surface area contributed by atoms with E-state index in [0.717, 1.165) is 21.6 Å². The van der Waals surface area contributed by atoms with E-state index in [1.54, 1.807) is 43.5 Å². The molecule has 3 rings (SSSR count). The maximum atomic E-state index is 12.3. The number of fused-ring (bicyclic) bond motifs is 1. The van der Waals surface area contributed by atoms with Crippen LogP contribution in [-0.4, -0.2) is 18.0 Å². The molecule has 112 valence electrons. The van der Waals surface area contributed by atoms with E-state index in [0.29, 0.717) is 21.5 Å². The number of nitrogens with one attached hydrogen (secondary N) is 2. The number of halogens is 1. The van der Waals surface area contributed by atoms with Gasteiger partial charge in [-0.15, -0.1) is 0 Å². The summed E-state index contributed by atoms with van der Waals surface area (Å²) >= 11 is 4.46. The van der Waals surface area contributed by atoms with Crippen LogP contribution >= 0.6 is 27.3 Å². The molecule has 0 aliphatic rings. The molecule has 22 heavy (non-hydrogen) atoms. The first-order chi connectivity index (χ1) is 10.6. The molecule has 0 spiro atoms. The number of hydrogen-bond acceptors (Lipinski definition) is 4. The molecule has 0 unspecified atom stereocenters. The molecule has 1 aromatic heterocycles. The van der Waals surface area contributed by atoms with Gasteiger partial charge in [0.05, 0.1) is 21.8 Å². The molecule has 3 aromatic rings. The predicted molar refractivity (Wildman–Crippen MR) is 91.1 cm³/mol. The van der Waals surface area contributed by atoms with E-state index >= 15 is 0 Å². The van der Waals surface area contributed by atoms with E-state index in [9.17, 15) is 9.59 Å². The Balaban J connectivity index is 1.85. The van der Waals surface area contributed by atoms with Crippen LogP contribution in [0, 0.1) is 0 Å². The fourth-order valence-electron chi connectivity index (χ4n) is 2.03. The number of benzene rings is 2. The minimum atomic E-state index is -0.231. The molecule has 1 heterocycles. The van der Waals surface area contributed by atoms with Crippen LogP contribution in [0.2, 0.25) is 0 Å². The van der Waals surface area contributed by atoms with Gasteiger partial charge in [0.1, 0.15) is 5.75 Å². The predicted octanol–water partition coefficient (Wildman–Crippen LogP) is 3.61. The first-order valence-electron chi connectivity index (χ1n) is 6.34. The van der Waals surface area contributed by atoms with Gasteiger partial charge in [-0.1, -0.05) is 11.3 Å². The summed E-state index contributed by atoms with van der Waals surface area (Å²) in [5, 5.41) is 2.81. The summed E-state index contributed by atoms with van der Waals surface area (Å²) in [5.41, 5.74) is 1.91. The third kappa shape index (κ3) is 2.90. The summed E-state index contributed by atoms with van der Waals surface area (Å²) in [7, 11) is 1.57. The van der Waals surface area contributed by atoms with Crippen LogP contribution in [0.15, 0.2) is 45.7 Å². The van der Waals surface area contributed by atoms with Crippen LogP contribution in [0.5, 0.6) is 5.75 Å². The topological polar surface area (TPSA) is 71.2 Å². The number of thiazole rings is 1. The molecule has 0 atom stereocenters. The molecular weight excluding hydrogens is 368 g/mol. The molecule has 0 fully saturated rings. The Bertz CT molecular complexity index is 917. The molecule has 0 radical (unpaired) electrons. The number of carbonyl (C=O) groups excluding carboxylic acids is 1. The number of aromatic amines is 1. The lowest BCUT2D eigenvalue weighted by Crippen LogP contribution is -2.11. The van der Waals surface area contributed by atoms with Crippen molar-refractivity contribution in [3.8, 4) is 5.75 Å². The highest BCUT2D eigenvalue weighted by atomic mass is 79.9. The number of aromatic nitrogens is 1. The molecule has 7 heteroatoms. The number of hydrogen-bond donors (Lipinski definition) is 2. The van der Waals surface area contributed by atoms with Crippen molar-refractivity contribution in [1.29, 1.82) is 0 Å². The fourth-order valence-corrected chi connectivity index (χ4v) is 3.35. The average molecular weight is 379 g/mol. The summed E-state index contributed by atoms with van der Waals surface area (Å²) in [5.74, 6) is 0.431. The zero-order valence-electron chi connectivity index (χ0n) is 11.5. The zero-order chi connectivity index (χ0) is 15.7. The Morgan fingerprint density at radius 2 is 2.09 bits per heavy atom. The zero-order valence-corrected chi connectivity index (χ0v) is 13.9. The number of amides is 1. The van der Waals surface area contributed by atoms with Gasteiger partial charge in [0.25, 0.3) is 5.91 Å². The van der Waals surface area contributed by atoms with Gasteiger partial charge in [-0.25, -0.2) is 0 Å². The second-order valence-corrected chi connectivity index (χ2v) is 6.40. The van der Waals surface area contributed by atoms with Crippen LogP contribution < -0.4 is 14.9 Å². The number of anilines is 1. The highest BCUT2D eigenvalue weighted by Gasteiger charge is 2.10. The van der Waals surface area contributed by atoms with Crippen LogP contribution in [-0.2, 0) is 0 Å². The molecule has 0 aliphatic carbocycles. The second-order valence-electron chi connectivity index (χ2n) is 4.53. The fraction of sp³-hybridized carbons (Fsp3) is 0.0667. The minimum Gasteiger partial charge on any atom is -0.496 e. The number of H-pyrrole nitrogens is 1. The van der Waals surface area contributed by atoms with E-state index in [4.69, 9.17) is 4.74 Å². The van der Waals surface area contributed by atoms with Gasteiger partial charge in [-0.05, 0) is 52.3 Å². The molecule has 5 nitrogen and oxygen atoms in total. The van der Waals surface area contributed by atoms with Crippen LogP contribution in [0.1, 0.15) is 10.4 Å². The van der Waals surface area contributed by atoms with Gasteiger partial charge in [0, 0.05) is 11.3 Å². The molecule has 2 aromatic carbocycles. The van der Waals surface area contributed by atoms with E-state index in [1.165, 1.54) is 0 Å². The van der Waals surface area contributed by atoms with Crippen molar-refractivity contribution in [2.75, 3.05) is 12.4 Å². The Hall–Kier alpha value is -2.12. The van der Waals surface area contributed by atoms with E-state index in [2.05, 4.69) is 26.2 Å². The third-order valence-corrected chi connectivity index (χ3v) is 4.56. The summed E-state index contributed by atoms with van der Waals surface area (Å²) < 4.78 is 6.65. The summed E-state index contributed by atoms with van der Waals surface area (Å²) in [4.78, 5) is 26.2. The molecule has 0 saturated heterocycles. The standard InChI is InChI=1S/C15H11BrN2O3S/c1-21-12-5-2-8(6-10(12)16)14(19)17-9-3-4-11-13(7-9)22-15(20)18-11/h2-7H,1H3,(H,17,19)(H,18,20). The molecular formula is C15H11BrN2O3S. The Morgan fingerprint density at radius 1 is 1.27 bits per heavy atom. The lowest BCUT2D eigenvalue weighted by atomic mass is 10.2. The lowest BCUT2D eigenvalue weighted by Gasteiger charge is -2.08. The molecule has 0 aliphatic heterocycles. The number of ether oxygens (including phenoxy) is 1. The van der Waals surface area contributed by atoms with Gasteiger partial charge >= 0.3 is 4.87 Å². The first kappa shape index (κ1) is 14.8. The SMILES string of the molecule is COc1ccc(C(=O)Nc2ccc3[nH]c(=O)sc3c2)cc1Br. The van der Waals surface area contributed by atoms with Gasteiger partial charge in [0.2, 0.25) is 0 Å². The van der Waals surface area contributed by atoms with Crippen molar-refractivity contribution in [2.24, 2.45) is 0 Å². The van der Waals surface area contributed by atoms with Crippen molar-refractivity contribution in [2.45, 2.75) is 0 Å². The largest absolute Gasteiger partial charge is 0.496 e. The molecule has 0 saturated carbocycles. The van der Waals surface area contributed by atoms with E-state index in [1.807, 2.05) is 0 Å². The van der Waals surface area contributed by atoms with Crippen molar-refractivity contribution in [3.05, 3.63) is 56.1 Å². The van der Waals surface area contributed by atoms with Crippen molar-refractivity contribution >= 4 is 49.1 Å². The molecule has 2 N–H and O–H groups in total.